The monoisotopic (exact) mass is 1780 g/mol. The van der Waals surface area contributed by atoms with Gasteiger partial charge in [-0.3, -0.25) is 34.2 Å². The minimum atomic E-state index is -4.67. The molecule has 0 amide bonds. The first-order valence-corrected chi connectivity index (χ1v) is 38.4. The SMILES string of the molecule is Brc1ccsc1.C.CC.CC.CC(=O)c1ccsc1.CC(O)c1ccsc1.CC=O.CN(C)/C=C/C(=O)c1ccsc1.Cl.ClCCl.N=CN.Nc1cc(-c2ccncn2)cs1.O=NO[O-].O=S(=O)(O)O.O=[N+]([O-])c1cc(-c2ccncn2)cs1.[CH2-]CCC.[K+].[Li+].[O]=[Mn]=[O].c1cc(-c2ccsc2)ncn1. The summed E-state index contributed by atoms with van der Waals surface area (Å²) in [7, 11) is -0.894. The number of aliphatic hydroxyl groups excluding tert-OH is 1. The second-order valence-corrected chi connectivity index (χ2v) is 24.4. The van der Waals surface area contributed by atoms with E-state index in [1.165, 1.54) is 64.6 Å². The molecule has 0 bridgehead atoms. The van der Waals surface area contributed by atoms with Crippen LogP contribution in [-0.2, 0) is 42.7 Å². The summed E-state index contributed by atoms with van der Waals surface area (Å²) in [6, 6.07) is 18.5. The van der Waals surface area contributed by atoms with E-state index in [9.17, 15) is 19.7 Å². The fraction of sp³-hybridized carbons (Fsp3) is 0.242. The molecule has 0 radical (unpaired) electrons. The summed E-state index contributed by atoms with van der Waals surface area (Å²) in [5, 5.41) is 59.4. The Bertz CT molecular complexity index is 3640. The Labute approximate surface area is 721 Å². The van der Waals surface area contributed by atoms with Crippen LogP contribution in [0.4, 0.5) is 10.0 Å². The average molecular weight is 1780 g/mol. The van der Waals surface area contributed by atoms with Gasteiger partial charge in [0.1, 0.15) is 30.6 Å². The summed E-state index contributed by atoms with van der Waals surface area (Å²) < 4.78 is 49.6. The van der Waals surface area contributed by atoms with Crippen molar-refractivity contribution in [3.63, 3.8) is 0 Å². The Kier molecular flexibility index (Phi) is 101. The van der Waals surface area contributed by atoms with E-state index in [0.29, 0.717) is 5.69 Å². The van der Waals surface area contributed by atoms with Gasteiger partial charge in [-0.25, -0.2) is 29.9 Å². The second kappa shape index (κ2) is 87.2. The van der Waals surface area contributed by atoms with Gasteiger partial charge in [-0.15, -0.1) is 51.9 Å². The zero-order valence-electron chi connectivity index (χ0n) is 58.0. The number of alkyl halides is 2. The number of carbonyl (C=O) groups is 3. The number of carbonyl (C=O) groups excluding carboxylic acids is 3. The van der Waals surface area contributed by atoms with Crippen LogP contribution in [0.25, 0.3) is 33.8 Å². The number of thiophene rings is 7. The van der Waals surface area contributed by atoms with Crippen LogP contribution >= 0.6 is 131 Å². The van der Waals surface area contributed by atoms with E-state index < -0.39 is 30.1 Å². The van der Waals surface area contributed by atoms with Gasteiger partial charge in [0, 0.05) is 116 Å². The van der Waals surface area contributed by atoms with E-state index in [-0.39, 0.29) is 118 Å². The molecule has 104 heavy (non-hydrogen) atoms. The van der Waals surface area contributed by atoms with Gasteiger partial charge in [0.15, 0.2) is 11.6 Å². The predicted octanol–water partition coefficient (Wildman–Crippen LogP) is 12.4. The summed E-state index contributed by atoms with van der Waals surface area (Å²) >= 11 is 22.0. The first kappa shape index (κ1) is 120. The number of aldehydes is 1. The average Bonchev–Trinajstić information content (AvgIpc) is 1.72. The molecule has 27 nitrogen and oxygen atoms in total. The third kappa shape index (κ3) is 78.3. The summed E-state index contributed by atoms with van der Waals surface area (Å²) in [6.07, 6.45) is 16.4. The van der Waals surface area contributed by atoms with E-state index in [2.05, 4.69) is 75.8 Å². The molecule has 0 saturated heterocycles. The Morgan fingerprint density at radius 1 is 0.788 bits per heavy atom. The fourth-order valence-electron chi connectivity index (χ4n) is 4.78. The van der Waals surface area contributed by atoms with Crippen molar-refractivity contribution in [3.8, 4) is 33.8 Å². The van der Waals surface area contributed by atoms with Crippen molar-refractivity contribution >= 4 is 175 Å². The van der Waals surface area contributed by atoms with Crippen molar-refractivity contribution in [2.24, 2.45) is 11.1 Å². The molecule has 10 aromatic rings. The van der Waals surface area contributed by atoms with Crippen LogP contribution < -0.4 is 87.0 Å². The number of halogens is 4. The number of nitro groups is 1. The molecule has 42 heteroatoms. The van der Waals surface area contributed by atoms with Crippen LogP contribution in [-0.4, -0.2) is 106 Å². The number of ketones is 2. The van der Waals surface area contributed by atoms with Crippen LogP contribution in [0.1, 0.15) is 108 Å². The molecule has 10 rings (SSSR count). The summed E-state index contributed by atoms with van der Waals surface area (Å²) in [5.74, 6) is 0.205. The number of Topliss-reactive ketones (excluding diaryl/α,β-unsaturated/α-hetero) is 1. The molecule has 8 N–H and O–H groups in total. The number of unbranched alkanes of at least 4 members (excludes halogenated alkanes) is 1. The number of rotatable bonds is 11. The van der Waals surface area contributed by atoms with Crippen molar-refractivity contribution in [3.05, 3.63) is 218 Å². The summed E-state index contributed by atoms with van der Waals surface area (Å²) in [5.41, 5.74) is 18.1. The fourth-order valence-corrected chi connectivity index (χ4v) is 10.0. The molecule has 10 heterocycles. The van der Waals surface area contributed by atoms with Crippen molar-refractivity contribution < 1.29 is 145 Å². The zero-order valence-corrected chi connectivity index (χ0v) is 72.7. The third-order valence-electron chi connectivity index (χ3n) is 8.69. The maximum atomic E-state index is 11.3. The first-order chi connectivity index (χ1) is 47.8. The maximum absolute atomic E-state index is 11.3. The molecular formula is C62H84BrCl3KLiMnN12O15S8. The van der Waals surface area contributed by atoms with Crippen molar-refractivity contribution in [1.82, 2.24) is 34.8 Å². The van der Waals surface area contributed by atoms with E-state index >= 15 is 0 Å². The molecule has 0 fully saturated rings. The molecule has 0 aromatic carbocycles. The normalized spacial score (nSPS) is 8.71. The van der Waals surface area contributed by atoms with E-state index in [0.717, 1.165) is 80.2 Å². The molecule has 10 aromatic heterocycles. The number of hydrogen-bond donors (Lipinski definition) is 6. The van der Waals surface area contributed by atoms with Gasteiger partial charge in [0.2, 0.25) is 0 Å². The Balaban J connectivity index is -0.000000117. The molecule has 0 aliphatic carbocycles. The van der Waals surface area contributed by atoms with Crippen LogP contribution in [0.2, 0.25) is 0 Å². The molecule has 0 saturated carbocycles. The Hall–Kier alpha value is -4.75. The first-order valence-electron chi connectivity index (χ1n) is 27.7. The molecular weight excluding hydrogens is 1700 g/mol. The number of nitrogen functional groups attached to an aromatic ring is 1. The summed E-state index contributed by atoms with van der Waals surface area (Å²) in [6.45, 7) is 18.5. The quantitative estimate of drug-likeness (QED) is 0.00559. The number of anilines is 1. The number of aromatic nitrogens is 6. The van der Waals surface area contributed by atoms with Gasteiger partial charge < -0.3 is 43.4 Å². The third-order valence-corrected chi connectivity index (χ3v) is 14.6. The standard InChI is InChI=1S/C9H11NOS.C8H5N3O2S.C8H7N3S.C8H6N2S.C6H8OS.C6H6OS.C4H3BrS.C4H9.C2H4O.2C2H6.CH2Cl2.CH4N2.CH4.ClH.K.Li.Mn.HNO3.H2O4S.2O/c1-10(2)5-3-9(11)8-4-6-12-7-8;12-11(13)8-3-6(4-14-8)7-1-2-9-5-10-7;9-8-3-6(4-12-8)7-1-2-10-5-11-7;1-3-9-6-10-8(1)7-2-4-11-5-7;2*1-5(7)6-2-3-8-4-6;5-4-1-2-6-3-4;1-3-4-2;1-2-3;2*1-2;2*2-1-3;;;;;;2-1-4-3;1-5(2,3)4;;/h3-7H,1-2H3;1-5H;1-5H,9H2;1-6H;2-5,7H,1H3;2-4H,1H3;1-3H;1,3-4H2,2H3;2H,1H3;2*1-2H3;1H2;1H,(H3,2,3);1H4;1H;;;;3H;(H2,1,2,3,4);;/q;;;;;;;-1;;;;;;;;2*+1;;;;;/p-1/b5-3+;;;;;;;;;;;;;;;;;;;;;. The Morgan fingerprint density at radius 3 is 1.39 bits per heavy atom. The molecule has 0 spiro atoms. The van der Waals surface area contributed by atoms with Gasteiger partial charge in [-0.1, -0.05) is 59.8 Å². The topological polar surface area (TPSA) is 442 Å². The molecule has 0 aliphatic heterocycles. The van der Waals surface area contributed by atoms with Crippen molar-refractivity contribution in [2.45, 2.75) is 81.8 Å². The van der Waals surface area contributed by atoms with Gasteiger partial charge >= 0.3 is 108 Å². The number of nitrogens with one attached hydrogen (secondary N) is 1. The van der Waals surface area contributed by atoms with Crippen LogP contribution in [0, 0.1) is 27.4 Å². The molecule has 1 unspecified atom stereocenters. The van der Waals surface area contributed by atoms with Crippen molar-refractivity contribution in [2.75, 3.05) is 25.2 Å². The number of nitrogens with zero attached hydrogens (tertiary/aromatic N) is 9. The molecule has 0 aliphatic rings. The van der Waals surface area contributed by atoms with E-state index in [4.69, 9.17) is 79.6 Å². The van der Waals surface area contributed by atoms with Crippen LogP contribution in [0.3, 0.4) is 0 Å². The smallest absolute Gasteiger partial charge is 0.116 e. The van der Waals surface area contributed by atoms with Gasteiger partial charge in [-0.2, -0.15) is 71.5 Å². The summed E-state index contributed by atoms with van der Waals surface area (Å²) in [4.78, 5) is 76.9. The number of aliphatic hydroxyl groups is 1. The molecule has 567 valence electrons. The minimum absolute atomic E-state index is 0. The van der Waals surface area contributed by atoms with Gasteiger partial charge in [0.25, 0.3) is 0 Å². The van der Waals surface area contributed by atoms with E-state index in [1.54, 1.807) is 108 Å². The van der Waals surface area contributed by atoms with E-state index in [1.807, 2.05) is 149 Å². The second-order valence-electron chi connectivity index (χ2n) is 15.9. The number of hydrogen-bond acceptors (Lipinski definition) is 30. The maximum Gasteiger partial charge on any atom is 0.116 e. The van der Waals surface area contributed by atoms with Gasteiger partial charge in [0.05, 0.1) is 44.8 Å². The number of allylic oxidation sites excluding steroid dienone is 1. The minimum Gasteiger partial charge on any atom is -0.245 e. The van der Waals surface area contributed by atoms with Crippen molar-refractivity contribution in [1.29, 1.82) is 5.41 Å². The molecule has 1 atom stereocenters. The largest absolute Gasteiger partial charge is 0.245 e. The zero-order chi connectivity index (χ0) is 77.4. The number of nitrogens with two attached hydrogens (primary N) is 2. The van der Waals surface area contributed by atoms with Gasteiger partial charge in [-0.05, 0) is 129 Å². The Morgan fingerprint density at radius 2 is 1.15 bits per heavy atom. The van der Waals surface area contributed by atoms with Crippen LogP contribution in [0.15, 0.2) is 185 Å². The predicted molar refractivity (Wildman–Crippen MR) is 421 cm³/mol. The van der Waals surface area contributed by atoms with Crippen LogP contribution in [0.5, 0.6) is 0 Å².